The molecule has 2 aromatic rings. The second kappa shape index (κ2) is 9.32. The van der Waals surface area contributed by atoms with E-state index in [4.69, 9.17) is 14.2 Å². The van der Waals surface area contributed by atoms with Crippen LogP contribution in [0.2, 0.25) is 0 Å². The van der Waals surface area contributed by atoms with Crippen LogP contribution in [0, 0.1) is 11.8 Å². The Bertz CT molecular complexity index is 1110. The van der Waals surface area contributed by atoms with Crippen LogP contribution in [0.15, 0.2) is 66.7 Å². The number of hydrogen-bond acceptors (Lipinski definition) is 6. The van der Waals surface area contributed by atoms with Gasteiger partial charge in [0.05, 0.1) is 23.5 Å². The summed E-state index contributed by atoms with van der Waals surface area (Å²) in [6.45, 7) is -0.446. The van der Waals surface area contributed by atoms with Gasteiger partial charge in [0, 0.05) is 6.42 Å². The lowest BCUT2D eigenvalue weighted by Crippen LogP contribution is -2.38. The van der Waals surface area contributed by atoms with Crippen LogP contribution in [0.25, 0.3) is 0 Å². The normalized spacial score (nSPS) is 24.0. The molecule has 0 unspecified atom stereocenters. The van der Waals surface area contributed by atoms with Crippen molar-refractivity contribution in [3.63, 3.8) is 0 Å². The molecule has 0 N–H and O–H groups in total. The minimum absolute atomic E-state index is 0.0476. The first-order valence-corrected chi connectivity index (χ1v) is 10.7. The van der Waals surface area contributed by atoms with E-state index in [-0.39, 0.29) is 18.1 Å². The summed E-state index contributed by atoms with van der Waals surface area (Å²) in [6.07, 6.45) is -0.752. The van der Waals surface area contributed by atoms with Crippen molar-refractivity contribution < 1.29 is 41.8 Å². The van der Waals surface area contributed by atoms with Gasteiger partial charge in [-0.1, -0.05) is 30.3 Å². The van der Waals surface area contributed by atoms with E-state index in [1.165, 1.54) is 18.2 Å². The molecule has 1 saturated heterocycles. The lowest BCUT2D eigenvalue weighted by atomic mass is 9.91. The Labute approximate surface area is 193 Å². The van der Waals surface area contributed by atoms with Crippen LogP contribution >= 0.6 is 0 Å². The first-order chi connectivity index (χ1) is 16.2. The molecule has 0 aromatic heterocycles. The van der Waals surface area contributed by atoms with E-state index in [1.54, 1.807) is 36.4 Å². The van der Waals surface area contributed by atoms with Gasteiger partial charge in [0.1, 0.15) is 5.75 Å². The summed E-state index contributed by atoms with van der Waals surface area (Å²) in [5.41, 5.74) is -0.536. The molecule has 1 heterocycles. The maximum absolute atomic E-state index is 12.8. The van der Waals surface area contributed by atoms with Crippen molar-refractivity contribution in [2.75, 3.05) is 6.61 Å². The average molecular weight is 474 g/mol. The highest BCUT2D eigenvalue weighted by molar-refractivity contribution is 5.91. The zero-order valence-electron chi connectivity index (χ0n) is 17.9. The number of allylic oxidation sites excluding steroid dienone is 1. The maximum Gasteiger partial charge on any atom is 0.416 e. The molecule has 1 aliphatic carbocycles. The molecular formula is C25H21F3O6. The summed E-state index contributed by atoms with van der Waals surface area (Å²) in [4.78, 5) is 36.8. The second-order valence-electron chi connectivity index (χ2n) is 8.19. The topological polar surface area (TPSA) is 78.9 Å². The van der Waals surface area contributed by atoms with E-state index in [0.29, 0.717) is 18.4 Å². The summed E-state index contributed by atoms with van der Waals surface area (Å²) in [7, 11) is 0. The zero-order valence-corrected chi connectivity index (χ0v) is 17.9. The molecule has 1 aliphatic heterocycles. The monoisotopic (exact) mass is 474 g/mol. The Balaban J connectivity index is 1.37. The molecule has 0 bridgehead atoms. The molecule has 0 radical (unpaired) electrons. The zero-order chi connectivity index (χ0) is 24.3. The minimum atomic E-state index is -4.51. The van der Waals surface area contributed by atoms with Gasteiger partial charge in [-0.25, -0.2) is 4.79 Å². The Morgan fingerprint density at radius 1 is 1.12 bits per heavy atom. The fourth-order valence-electron chi connectivity index (χ4n) is 4.29. The lowest BCUT2D eigenvalue weighted by Gasteiger charge is -2.28. The van der Waals surface area contributed by atoms with Crippen LogP contribution in [0.4, 0.5) is 13.2 Å². The predicted octanol–water partition coefficient (Wildman–Crippen LogP) is 4.74. The van der Waals surface area contributed by atoms with E-state index in [0.717, 1.165) is 12.1 Å². The number of hydrogen-bond donors (Lipinski definition) is 0. The molecule has 1 saturated carbocycles. The van der Waals surface area contributed by atoms with Gasteiger partial charge in [-0.15, -0.1) is 0 Å². The summed E-state index contributed by atoms with van der Waals surface area (Å²) >= 11 is 0. The number of esters is 2. The number of ketones is 1. The van der Waals surface area contributed by atoms with Crippen molar-refractivity contribution >= 4 is 17.7 Å². The van der Waals surface area contributed by atoms with Crippen LogP contribution in [0.5, 0.6) is 5.75 Å². The molecule has 9 heteroatoms. The number of carbonyl (C=O) groups excluding carboxylic acids is 3. The number of carbonyl (C=O) groups is 3. The number of rotatable bonds is 7. The third-order valence-electron chi connectivity index (χ3n) is 5.93. The first kappa shape index (κ1) is 23.5. The summed E-state index contributed by atoms with van der Waals surface area (Å²) in [5, 5.41) is 0. The van der Waals surface area contributed by atoms with Crippen LogP contribution in [-0.4, -0.2) is 30.1 Å². The van der Waals surface area contributed by atoms with Gasteiger partial charge in [-0.05, 0) is 48.7 Å². The van der Waals surface area contributed by atoms with Crippen molar-refractivity contribution in [2.24, 2.45) is 11.8 Å². The largest absolute Gasteiger partial charge is 0.485 e. The van der Waals surface area contributed by atoms with Gasteiger partial charge < -0.3 is 14.2 Å². The fourth-order valence-corrected chi connectivity index (χ4v) is 4.29. The lowest BCUT2D eigenvalue weighted by molar-refractivity contribution is -0.196. The van der Waals surface area contributed by atoms with Gasteiger partial charge in [0.15, 0.2) is 12.4 Å². The summed E-state index contributed by atoms with van der Waals surface area (Å²) < 4.78 is 54.7. The SMILES string of the molecule is O=C(C=C[C@H]1CC[C@@]2(OC(=O)c3ccccc3)OC(=O)C[C@H]12)COc1cccc(C(F)(F)F)c1. The smallest absolute Gasteiger partial charge is 0.416 e. The van der Waals surface area contributed by atoms with Crippen LogP contribution < -0.4 is 4.74 Å². The van der Waals surface area contributed by atoms with Gasteiger partial charge in [0.25, 0.3) is 5.79 Å². The highest BCUT2D eigenvalue weighted by Crippen LogP contribution is 2.51. The number of halogens is 3. The molecule has 4 rings (SSSR count). The van der Waals surface area contributed by atoms with Crippen LogP contribution in [-0.2, 0) is 25.2 Å². The minimum Gasteiger partial charge on any atom is -0.485 e. The van der Waals surface area contributed by atoms with E-state index < -0.39 is 47.8 Å². The van der Waals surface area contributed by atoms with Crippen LogP contribution in [0.1, 0.15) is 35.2 Å². The Morgan fingerprint density at radius 2 is 1.88 bits per heavy atom. The maximum atomic E-state index is 12.8. The summed E-state index contributed by atoms with van der Waals surface area (Å²) in [6, 6.07) is 12.6. The molecular weight excluding hydrogens is 453 g/mol. The predicted molar refractivity (Wildman–Crippen MR) is 113 cm³/mol. The van der Waals surface area contributed by atoms with Crippen molar-refractivity contribution in [1.82, 2.24) is 0 Å². The highest BCUT2D eigenvalue weighted by atomic mass is 19.4. The van der Waals surface area contributed by atoms with Gasteiger partial charge in [-0.2, -0.15) is 13.2 Å². The average Bonchev–Trinajstić information content (AvgIpc) is 3.29. The number of ether oxygens (including phenoxy) is 3. The third-order valence-corrected chi connectivity index (χ3v) is 5.93. The fraction of sp³-hybridized carbons (Fsp3) is 0.320. The molecule has 178 valence electrons. The van der Waals surface area contributed by atoms with Crippen molar-refractivity contribution in [3.8, 4) is 5.75 Å². The molecule has 3 atom stereocenters. The Morgan fingerprint density at radius 3 is 2.62 bits per heavy atom. The number of alkyl halides is 3. The number of fused-ring (bicyclic) bond motifs is 1. The molecule has 0 spiro atoms. The van der Waals surface area contributed by atoms with Crippen LogP contribution in [0.3, 0.4) is 0 Å². The van der Waals surface area contributed by atoms with Crippen molar-refractivity contribution in [3.05, 3.63) is 77.9 Å². The third kappa shape index (κ3) is 5.13. The quantitative estimate of drug-likeness (QED) is 0.426. The first-order valence-electron chi connectivity index (χ1n) is 10.7. The molecule has 2 fully saturated rings. The Kier molecular flexibility index (Phi) is 6.45. The van der Waals surface area contributed by atoms with Gasteiger partial charge in [0.2, 0.25) is 0 Å². The molecule has 2 aliphatic rings. The van der Waals surface area contributed by atoms with E-state index >= 15 is 0 Å². The Hall–Kier alpha value is -3.62. The van der Waals surface area contributed by atoms with Crippen molar-refractivity contribution in [2.45, 2.75) is 31.2 Å². The van der Waals surface area contributed by atoms with E-state index in [1.807, 2.05) is 0 Å². The number of benzene rings is 2. The van der Waals surface area contributed by atoms with E-state index in [2.05, 4.69) is 0 Å². The van der Waals surface area contributed by atoms with Gasteiger partial charge >= 0.3 is 18.1 Å². The molecule has 0 amide bonds. The highest BCUT2D eigenvalue weighted by Gasteiger charge is 2.59. The van der Waals surface area contributed by atoms with Crippen molar-refractivity contribution in [1.29, 1.82) is 0 Å². The standard InChI is InChI=1S/C25H21F3O6/c26-25(27,28)18-7-4-8-20(13-18)32-15-19(29)10-9-16-11-12-24(21(16)14-22(30)33-24)34-23(31)17-5-2-1-3-6-17/h1-10,13,16,21H,11-12,14-15H2/t16-,21+,24-/m0/s1. The van der Waals surface area contributed by atoms with Gasteiger partial charge in [-0.3, -0.25) is 9.59 Å². The molecule has 6 nitrogen and oxygen atoms in total. The van der Waals surface area contributed by atoms with E-state index in [9.17, 15) is 27.6 Å². The second-order valence-corrected chi connectivity index (χ2v) is 8.19. The molecule has 34 heavy (non-hydrogen) atoms. The summed E-state index contributed by atoms with van der Waals surface area (Å²) in [5.74, 6) is -3.69. The molecule has 2 aromatic carbocycles.